The van der Waals surface area contributed by atoms with E-state index in [1.54, 1.807) is 36.4 Å². The van der Waals surface area contributed by atoms with E-state index >= 15 is 0 Å². The highest BCUT2D eigenvalue weighted by molar-refractivity contribution is 5.90. The van der Waals surface area contributed by atoms with Gasteiger partial charge in [0.25, 0.3) is 5.91 Å². The van der Waals surface area contributed by atoms with E-state index in [2.05, 4.69) is 0 Å². The molecule has 7 nitrogen and oxygen atoms in total. The molecule has 2 aromatic rings. The van der Waals surface area contributed by atoms with Crippen molar-refractivity contribution in [3.05, 3.63) is 59.7 Å². The summed E-state index contributed by atoms with van der Waals surface area (Å²) < 4.78 is 82.5. The third-order valence-corrected chi connectivity index (χ3v) is 5.25. The fraction of sp³-hybridized carbons (Fsp3) is 0.318. The van der Waals surface area contributed by atoms with Crippen LogP contribution < -0.4 is 10.6 Å². The van der Waals surface area contributed by atoms with Crippen molar-refractivity contribution in [2.75, 3.05) is 6.61 Å². The van der Waals surface area contributed by atoms with Gasteiger partial charge in [-0.3, -0.25) is 4.79 Å². The quantitative estimate of drug-likeness (QED) is 0.495. The van der Waals surface area contributed by atoms with E-state index in [0.717, 1.165) is 27.6 Å². The second-order valence-corrected chi connectivity index (χ2v) is 7.66. The number of carbonyl (C=O) groups is 3. The number of carbonyl (C=O) groups excluding carboxylic acids is 2. The Labute approximate surface area is 194 Å². The van der Waals surface area contributed by atoms with Gasteiger partial charge in [-0.15, -0.1) is 0 Å². The molecule has 35 heavy (non-hydrogen) atoms. The summed E-state index contributed by atoms with van der Waals surface area (Å²) in [5, 5.41) is 11.2. The Morgan fingerprint density at radius 1 is 0.886 bits per heavy atom. The van der Waals surface area contributed by atoms with Gasteiger partial charge in [0.05, 0.1) is 6.42 Å². The van der Waals surface area contributed by atoms with Crippen LogP contribution in [0.5, 0.6) is 0 Å². The number of carboxylic acids is 1. The maximum absolute atomic E-state index is 13.4. The first-order valence-corrected chi connectivity index (χ1v) is 10.1. The number of hydrogen-bond donors (Lipinski definition) is 3. The zero-order valence-electron chi connectivity index (χ0n) is 17.6. The van der Waals surface area contributed by atoms with Crippen LogP contribution in [0.3, 0.4) is 0 Å². The van der Waals surface area contributed by atoms with E-state index in [9.17, 15) is 40.7 Å². The molecule has 0 heterocycles. The van der Waals surface area contributed by atoms with Gasteiger partial charge in [-0.1, -0.05) is 48.5 Å². The van der Waals surface area contributed by atoms with Crippen LogP contribution in [0.1, 0.15) is 23.5 Å². The van der Waals surface area contributed by atoms with Crippen molar-refractivity contribution >= 4 is 18.0 Å². The Bertz CT molecular complexity index is 1070. The molecule has 0 saturated carbocycles. The molecule has 2 unspecified atom stereocenters. The van der Waals surface area contributed by atoms with E-state index in [4.69, 9.17) is 9.84 Å². The van der Waals surface area contributed by atoms with Crippen molar-refractivity contribution in [3.8, 4) is 11.1 Å². The lowest BCUT2D eigenvalue weighted by Gasteiger charge is -2.24. The number of ether oxygens (including phenoxy) is 1. The van der Waals surface area contributed by atoms with Crippen molar-refractivity contribution in [1.29, 1.82) is 0 Å². The minimum absolute atomic E-state index is 0.391. The standard InChI is InChI=1S/C22H18F6N2O5/c23-21(24,25)9-16(19(32)33)29-18(31)17(22(26,27)28)30-20(34)35-10-15-13-7-3-1-5-11(13)12-6-2-4-8-14(12)15/h1-8,15-17H,9-10H2,(H,29,31)(H,30,34)(H,32,33). The Morgan fingerprint density at radius 2 is 1.40 bits per heavy atom. The summed E-state index contributed by atoms with van der Waals surface area (Å²) in [5.41, 5.74) is 3.24. The molecule has 2 atom stereocenters. The number of nitrogens with one attached hydrogen (secondary N) is 2. The fourth-order valence-corrected chi connectivity index (χ4v) is 3.74. The second kappa shape index (κ2) is 9.84. The molecule has 0 aromatic heterocycles. The largest absolute Gasteiger partial charge is 0.480 e. The fourth-order valence-electron chi connectivity index (χ4n) is 3.74. The van der Waals surface area contributed by atoms with Crippen LogP contribution in [-0.4, -0.2) is 54.1 Å². The van der Waals surface area contributed by atoms with Crippen LogP contribution in [0.25, 0.3) is 11.1 Å². The number of amides is 2. The molecule has 1 aliphatic rings. The maximum atomic E-state index is 13.4. The molecule has 0 spiro atoms. The molecule has 0 saturated heterocycles. The minimum atomic E-state index is -5.45. The predicted molar refractivity (Wildman–Crippen MR) is 108 cm³/mol. The molecule has 3 N–H and O–H groups in total. The number of alkyl halides is 6. The SMILES string of the molecule is O=C(NC(C(=O)NC(CC(F)(F)F)C(=O)O)C(F)(F)F)OCC1c2ccccc2-c2ccccc21. The highest BCUT2D eigenvalue weighted by atomic mass is 19.4. The van der Waals surface area contributed by atoms with Gasteiger partial charge in [-0.2, -0.15) is 26.3 Å². The Balaban J connectivity index is 1.70. The van der Waals surface area contributed by atoms with Gasteiger partial charge in [0.1, 0.15) is 12.6 Å². The molecule has 188 valence electrons. The summed E-state index contributed by atoms with van der Waals surface area (Å²) in [6.07, 6.45) is -14.3. The summed E-state index contributed by atoms with van der Waals surface area (Å²) in [5.74, 6) is -4.88. The summed E-state index contributed by atoms with van der Waals surface area (Å²) >= 11 is 0. The summed E-state index contributed by atoms with van der Waals surface area (Å²) in [7, 11) is 0. The van der Waals surface area contributed by atoms with E-state index in [0.29, 0.717) is 0 Å². The molecule has 0 radical (unpaired) electrons. The highest BCUT2D eigenvalue weighted by Gasteiger charge is 2.48. The lowest BCUT2D eigenvalue weighted by Crippen LogP contribution is -2.58. The predicted octanol–water partition coefficient (Wildman–Crippen LogP) is 3.98. The maximum Gasteiger partial charge on any atom is 0.417 e. The number of hydrogen-bond acceptors (Lipinski definition) is 4. The molecule has 0 aliphatic heterocycles. The number of halogens is 6. The molecule has 2 amide bonds. The molecule has 1 aliphatic carbocycles. The van der Waals surface area contributed by atoms with E-state index in [-0.39, 0.29) is 0 Å². The first kappa shape index (κ1) is 25.8. The van der Waals surface area contributed by atoms with Crippen molar-refractivity contribution in [2.45, 2.75) is 36.8 Å². The van der Waals surface area contributed by atoms with Gasteiger partial charge < -0.3 is 20.5 Å². The number of carboxylic acid groups (broad SMARTS) is 1. The van der Waals surface area contributed by atoms with Crippen LogP contribution in [0.4, 0.5) is 31.1 Å². The van der Waals surface area contributed by atoms with Crippen LogP contribution in [0.15, 0.2) is 48.5 Å². The average Bonchev–Trinajstić information content (AvgIpc) is 3.07. The number of aliphatic carboxylic acids is 1. The molecular weight excluding hydrogens is 486 g/mol. The van der Waals surface area contributed by atoms with Crippen molar-refractivity contribution in [1.82, 2.24) is 10.6 Å². The lowest BCUT2D eigenvalue weighted by atomic mass is 9.98. The lowest BCUT2D eigenvalue weighted by molar-refractivity contribution is -0.172. The Morgan fingerprint density at radius 3 is 1.86 bits per heavy atom. The monoisotopic (exact) mass is 504 g/mol. The Kier molecular flexibility index (Phi) is 7.27. The molecule has 13 heteroatoms. The number of benzene rings is 2. The summed E-state index contributed by atoms with van der Waals surface area (Å²) in [4.78, 5) is 35.1. The first-order chi connectivity index (χ1) is 16.3. The smallest absolute Gasteiger partial charge is 0.417 e. The first-order valence-electron chi connectivity index (χ1n) is 10.1. The zero-order chi connectivity index (χ0) is 26.0. The minimum Gasteiger partial charge on any atom is -0.480 e. The molecule has 2 aromatic carbocycles. The number of alkyl carbamates (subject to hydrolysis) is 1. The Hall–Kier alpha value is -3.77. The van der Waals surface area contributed by atoms with Gasteiger partial charge in [0.15, 0.2) is 0 Å². The highest BCUT2D eigenvalue weighted by Crippen LogP contribution is 2.44. The van der Waals surface area contributed by atoms with Crippen molar-refractivity contribution < 1.29 is 50.6 Å². The van der Waals surface area contributed by atoms with E-state index in [1.165, 1.54) is 5.32 Å². The zero-order valence-corrected chi connectivity index (χ0v) is 17.6. The van der Waals surface area contributed by atoms with Gasteiger partial charge in [0, 0.05) is 5.92 Å². The van der Waals surface area contributed by atoms with E-state index in [1.807, 2.05) is 12.1 Å². The molecular formula is C22H18F6N2O5. The molecule has 3 rings (SSSR count). The average molecular weight is 504 g/mol. The molecule has 0 bridgehead atoms. The topological polar surface area (TPSA) is 105 Å². The van der Waals surface area contributed by atoms with Crippen LogP contribution in [0.2, 0.25) is 0 Å². The van der Waals surface area contributed by atoms with Crippen LogP contribution >= 0.6 is 0 Å². The van der Waals surface area contributed by atoms with Gasteiger partial charge in [-0.05, 0) is 22.3 Å². The normalized spacial score (nSPS) is 14.9. The molecule has 0 fully saturated rings. The van der Waals surface area contributed by atoms with Gasteiger partial charge >= 0.3 is 24.4 Å². The van der Waals surface area contributed by atoms with Crippen LogP contribution in [0, 0.1) is 0 Å². The van der Waals surface area contributed by atoms with Crippen LogP contribution in [-0.2, 0) is 14.3 Å². The number of fused-ring (bicyclic) bond motifs is 3. The third-order valence-electron chi connectivity index (χ3n) is 5.25. The summed E-state index contributed by atoms with van der Waals surface area (Å²) in [6.45, 7) is -0.391. The van der Waals surface area contributed by atoms with Crippen molar-refractivity contribution in [2.24, 2.45) is 0 Å². The van der Waals surface area contributed by atoms with Gasteiger partial charge in [-0.25, -0.2) is 9.59 Å². The van der Waals surface area contributed by atoms with E-state index < -0.39 is 61.4 Å². The van der Waals surface area contributed by atoms with Crippen molar-refractivity contribution in [3.63, 3.8) is 0 Å². The van der Waals surface area contributed by atoms with Gasteiger partial charge in [0.2, 0.25) is 6.04 Å². The third kappa shape index (κ3) is 6.22. The summed E-state index contributed by atoms with van der Waals surface area (Å²) in [6, 6.07) is 8.23. The number of rotatable bonds is 7. The second-order valence-electron chi connectivity index (χ2n) is 7.66.